The molecule has 5 nitrogen and oxygen atoms in total. The maximum atomic E-state index is 13.2. The van der Waals surface area contributed by atoms with Gasteiger partial charge in [0.05, 0.1) is 11.7 Å². The van der Waals surface area contributed by atoms with Crippen molar-refractivity contribution in [3.05, 3.63) is 28.7 Å². The van der Waals surface area contributed by atoms with Crippen LogP contribution in [0.25, 0.3) is 0 Å². The molecule has 0 unspecified atom stereocenters. The summed E-state index contributed by atoms with van der Waals surface area (Å²) < 4.78 is 5.27. The van der Waals surface area contributed by atoms with Crippen LogP contribution < -0.4 is 0 Å². The van der Waals surface area contributed by atoms with E-state index in [1.54, 1.807) is 5.57 Å². The largest absolute Gasteiger partial charge is 0.361 e. The fraction of sp³-hybridized carbons (Fsp3) is 0.739. The maximum absolute atomic E-state index is 13.2. The predicted molar refractivity (Wildman–Crippen MR) is 108 cm³/mol. The average molecular weight is 384 g/mol. The van der Waals surface area contributed by atoms with E-state index in [4.69, 9.17) is 4.52 Å². The van der Waals surface area contributed by atoms with Crippen LogP contribution in [0.5, 0.6) is 0 Å². The number of piperidine rings is 3. The molecule has 1 aromatic rings. The molecule has 3 saturated heterocycles. The minimum absolute atomic E-state index is 0.315. The normalized spacial score (nSPS) is 32.5. The van der Waals surface area contributed by atoms with Gasteiger partial charge in [-0.15, -0.1) is 0 Å². The lowest BCUT2D eigenvalue weighted by molar-refractivity contribution is -0.136. The number of aromatic nitrogens is 1. The van der Waals surface area contributed by atoms with Crippen LogP contribution in [-0.4, -0.2) is 52.6 Å². The first kappa shape index (κ1) is 18.4. The van der Waals surface area contributed by atoms with Gasteiger partial charge in [0, 0.05) is 31.1 Å². The van der Waals surface area contributed by atoms with Gasteiger partial charge in [0.15, 0.2) is 0 Å². The van der Waals surface area contributed by atoms with Crippen molar-refractivity contribution >= 4 is 5.91 Å². The minimum atomic E-state index is 0.315. The van der Waals surface area contributed by atoms with Gasteiger partial charge in [0.25, 0.3) is 0 Å². The number of hydrogen-bond donors (Lipinski definition) is 0. The highest BCUT2D eigenvalue weighted by molar-refractivity contribution is 5.77. The molecule has 1 aromatic heterocycles. The second-order valence-corrected chi connectivity index (χ2v) is 9.40. The topological polar surface area (TPSA) is 49.6 Å². The quantitative estimate of drug-likeness (QED) is 0.748. The van der Waals surface area contributed by atoms with Crippen molar-refractivity contribution in [2.75, 3.05) is 19.6 Å². The maximum Gasteiger partial charge on any atom is 0.223 e. The average Bonchev–Trinajstić information content (AvgIpc) is 3.03. The number of carbonyl (C=O) groups excluding carboxylic acids is 1. The van der Waals surface area contributed by atoms with Crippen LogP contribution in [-0.2, 0) is 11.2 Å². The van der Waals surface area contributed by atoms with Gasteiger partial charge in [-0.05, 0) is 70.8 Å². The molecule has 4 atom stereocenters. The summed E-state index contributed by atoms with van der Waals surface area (Å²) in [5.41, 5.74) is 3.61. The van der Waals surface area contributed by atoms with E-state index < -0.39 is 0 Å². The van der Waals surface area contributed by atoms with Gasteiger partial charge in [-0.1, -0.05) is 23.2 Å². The number of nitrogens with zero attached hydrogens (tertiary/aromatic N) is 3. The van der Waals surface area contributed by atoms with Crippen molar-refractivity contribution in [1.82, 2.24) is 15.0 Å². The summed E-state index contributed by atoms with van der Waals surface area (Å²) in [4.78, 5) is 18.2. The van der Waals surface area contributed by atoms with Gasteiger partial charge in [-0.3, -0.25) is 9.69 Å². The highest BCUT2D eigenvalue weighted by Crippen LogP contribution is 2.45. The van der Waals surface area contributed by atoms with E-state index in [1.165, 1.54) is 45.2 Å². The van der Waals surface area contributed by atoms with Crippen LogP contribution in [0.2, 0.25) is 0 Å². The standard InChI is InChI=1S/C23H33N3O2/c1-15-20(16(2)28-24-15)8-9-22(27)26-11-5-6-17-12-18-13-19(23(17)26)14-25-10-4-3-7-21(18)25/h12,18-19,21,23H,3-11,13-14H2,1-2H3/t18-,19+,21-,23-/m0/s1. The fourth-order valence-corrected chi connectivity index (χ4v) is 6.49. The molecule has 152 valence electrons. The van der Waals surface area contributed by atoms with Crippen molar-refractivity contribution in [3.63, 3.8) is 0 Å². The number of likely N-dealkylation sites (tertiary alicyclic amines) is 1. The Bertz CT molecular complexity index is 763. The molecule has 5 heteroatoms. The highest BCUT2D eigenvalue weighted by Gasteiger charge is 2.46. The van der Waals surface area contributed by atoms with Gasteiger partial charge < -0.3 is 9.42 Å². The van der Waals surface area contributed by atoms with Crippen LogP contribution in [0.15, 0.2) is 16.2 Å². The molecule has 0 aromatic carbocycles. The van der Waals surface area contributed by atoms with Gasteiger partial charge in [0.2, 0.25) is 5.91 Å². The zero-order valence-corrected chi connectivity index (χ0v) is 17.3. The number of amides is 1. The Kier molecular flexibility index (Phi) is 4.82. The summed E-state index contributed by atoms with van der Waals surface area (Å²) in [6.07, 6.45) is 11.6. The third-order valence-corrected chi connectivity index (χ3v) is 7.75. The Balaban J connectivity index is 1.33. The second-order valence-electron chi connectivity index (χ2n) is 9.40. The first-order valence-electron chi connectivity index (χ1n) is 11.3. The lowest BCUT2D eigenvalue weighted by Gasteiger charge is -2.54. The molecular weight excluding hydrogens is 350 g/mol. The van der Waals surface area contributed by atoms with Gasteiger partial charge in [0.1, 0.15) is 5.76 Å². The molecule has 0 radical (unpaired) electrons. The second kappa shape index (κ2) is 7.33. The Labute approximate surface area is 168 Å². The molecule has 1 aliphatic carbocycles. The van der Waals surface area contributed by atoms with Gasteiger partial charge >= 0.3 is 0 Å². The Morgan fingerprint density at radius 2 is 2.14 bits per heavy atom. The van der Waals surface area contributed by atoms with Crippen molar-refractivity contribution in [2.24, 2.45) is 11.8 Å². The van der Waals surface area contributed by atoms with E-state index in [2.05, 4.69) is 21.0 Å². The first-order valence-corrected chi connectivity index (χ1v) is 11.3. The van der Waals surface area contributed by atoms with Crippen LogP contribution in [0.1, 0.15) is 62.0 Å². The highest BCUT2D eigenvalue weighted by atomic mass is 16.5. The first-order chi connectivity index (χ1) is 13.6. The number of carbonyl (C=O) groups is 1. The lowest BCUT2D eigenvalue weighted by Crippen LogP contribution is -2.60. The van der Waals surface area contributed by atoms with Crippen LogP contribution >= 0.6 is 0 Å². The van der Waals surface area contributed by atoms with Gasteiger partial charge in [-0.25, -0.2) is 0 Å². The van der Waals surface area contributed by atoms with Crippen LogP contribution in [0, 0.1) is 25.7 Å². The van der Waals surface area contributed by atoms with Crippen LogP contribution in [0.4, 0.5) is 0 Å². The summed E-state index contributed by atoms with van der Waals surface area (Å²) in [6, 6.07) is 1.12. The Hall–Kier alpha value is -1.62. The SMILES string of the molecule is Cc1noc(C)c1CCC(=O)N1CCCC2=C[C@H]3C[C@H](CN4CCCC[C@@H]34)[C@H]21. The van der Waals surface area contributed by atoms with Crippen LogP contribution in [0.3, 0.4) is 0 Å². The minimum Gasteiger partial charge on any atom is -0.361 e. The van der Waals surface area contributed by atoms with E-state index in [0.717, 1.165) is 48.4 Å². The zero-order valence-electron chi connectivity index (χ0n) is 17.3. The Morgan fingerprint density at radius 3 is 2.96 bits per heavy atom. The van der Waals surface area contributed by atoms with E-state index in [0.29, 0.717) is 24.3 Å². The van der Waals surface area contributed by atoms with E-state index >= 15 is 0 Å². The van der Waals surface area contributed by atoms with Crippen molar-refractivity contribution in [2.45, 2.75) is 77.3 Å². The molecule has 1 amide bonds. The number of aryl methyl sites for hydroxylation is 2. The molecule has 5 rings (SSSR count). The van der Waals surface area contributed by atoms with E-state index in [1.807, 2.05) is 13.8 Å². The zero-order chi connectivity index (χ0) is 19.3. The molecule has 4 heterocycles. The summed E-state index contributed by atoms with van der Waals surface area (Å²) >= 11 is 0. The summed E-state index contributed by atoms with van der Waals surface area (Å²) in [7, 11) is 0. The molecule has 3 fully saturated rings. The van der Waals surface area contributed by atoms with Crippen molar-refractivity contribution in [1.29, 1.82) is 0 Å². The molecule has 0 N–H and O–H groups in total. The number of rotatable bonds is 3. The molecule has 3 aliphatic heterocycles. The third kappa shape index (κ3) is 3.12. The molecule has 28 heavy (non-hydrogen) atoms. The Morgan fingerprint density at radius 1 is 1.25 bits per heavy atom. The van der Waals surface area contributed by atoms with E-state index in [-0.39, 0.29) is 0 Å². The van der Waals surface area contributed by atoms with E-state index in [9.17, 15) is 4.79 Å². The predicted octanol–water partition coefficient (Wildman–Crippen LogP) is 3.65. The molecule has 0 saturated carbocycles. The summed E-state index contributed by atoms with van der Waals surface area (Å²) in [5.74, 6) is 2.52. The summed E-state index contributed by atoms with van der Waals surface area (Å²) in [5, 5.41) is 4.04. The number of fused-ring (bicyclic) bond motifs is 6. The molecule has 2 bridgehead atoms. The van der Waals surface area contributed by atoms with Gasteiger partial charge in [-0.2, -0.15) is 0 Å². The molecule has 0 spiro atoms. The monoisotopic (exact) mass is 383 g/mol. The van der Waals surface area contributed by atoms with Crippen molar-refractivity contribution < 1.29 is 9.32 Å². The smallest absolute Gasteiger partial charge is 0.223 e. The molecular formula is C23H33N3O2. The number of hydrogen-bond acceptors (Lipinski definition) is 4. The summed E-state index contributed by atoms with van der Waals surface area (Å²) in [6.45, 7) is 7.29. The van der Waals surface area contributed by atoms with Crippen molar-refractivity contribution in [3.8, 4) is 0 Å². The fourth-order valence-electron chi connectivity index (χ4n) is 6.49. The molecule has 4 aliphatic rings. The lowest BCUT2D eigenvalue weighted by atomic mass is 9.68. The third-order valence-electron chi connectivity index (χ3n) is 7.75.